The van der Waals surface area contributed by atoms with E-state index in [4.69, 9.17) is 10.7 Å². The highest BCUT2D eigenvalue weighted by atomic mass is 35.7. The number of rotatable bonds is 4. The normalized spacial score (nSPS) is 14.2. The topological polar surface area (TPSA) is 68.3 Å². The van der Waals surface area contributed by atoms with Gasteiger partial charge in [-0.05, 0) is 11.4 Å². The summed E-state index contributed by atoms with van der Waals surface area (Å²) >= 11 is 0.711. The largest absolute Gasteiger partial charge is 0.451 e. The Balaban J connectivity index is 3.25. The Morgan fingerprint density at radius 2 is 1.89 bits per heavy atom. The van der Waals surface area contributed by atoms with Crippen molar-refractivity contribution in [2.75, 3.05) is 0 Å². The molecule has 0 bridgehead atoms. The monoisotopic (exact) mass is 320 g/mol. The van der Waals surface area contributed by atoms with Gasteiger partial charge in [-0.2, -0.15) is 13.2 Å². The molecular formula is C8H4ClF3O4S2. The van der Waals surface area contributed by atoms with E-state index in [0.29, 0.717) is 11.3 Å². The molecule has 0 N–H and O–H groups in total. The fourth-order valence-electron chi connectivity index (χ4n) is 1.07. The molecule has 0 saturated carbocycles. The summed E-state index contributed by atoms with van der Waals surface area (Å²) in [5.74, 6) is -4.18. The number of Topliss-reactive ketones (excluding diaryl/α,β-unsaturated/α-hetero) is 2. The van der Waals surface area contributed by atoms with E-state index >= 15 is 0 Å². The lowest BCUT2D eigenvalue weighted by molar-refractivity contribution is -0.169. The van der Waals surface area contributed by atoms with Crippen LogP contribution in [-0.2, 0) is 13.8 Å². The first kappa shape index (κ1) is 15.1. The lowest BCUT2D eigenvalue weighted by atomic mass is 10.1. The van der Waals surface area contributed by atoms with Crippen molar-refractivity contribution in [3.63, 3.8) is 0 Å². The number of ketones is 2. The van der Waals surface area contributed by atoms with Gasteiger partial charge in [0, 0.05) is 10.7 Å². The molecule has 0 radical (unpaired) electrons. The number of hydrogen-bond acceptors (Lipinski definition) is 5. The van der Waals surface area contributed by atoms with Gasteiger partial charge in [-0.1, -0.05) is 6.07 Å². The number of hydrogen-bond donors (Lipinski definition) is 0. The van der Waals surface area contributed by atoms with Gasteiger partial charge in [-0.15, -0.1) is 11.3 Å². The summed E-state index contributed by atoms with van der Waals surface area (Å²) in [6.07, 6.45) is -5.46. The predicted molar refractivity (Wildman–Crippen MR) is 58.3 cm³/mol. The Bertz CT molecular complexity index is 562. The van der Waals surface area contributed by atoms with Crippen LogP contribution in [0, 0.1) is 0 Å². The van der Waals surface area contributed by atoms with Gasteiger partial charge in [0.1, 0.15) is 0 Å². The molecular weight excluding hydrogens is 317 g/mol. The number of halogens is 4. The first-order valence-corrected chi connectivity index (χ1v) is 7.42. The lowest BCUT2D eigenvalue weighted by Gasteiger charge is -2.12. The molecule has 0 spiro atoms. The third-order valence-corrected chi connectivity index (χ3v) is 4.21. The van der Waals surface area contributed by atoms with Crippen LogP contribution in [0.2, 0.25) is 0 Å². The molecule has 0 aliphatic heterocycles. The van der Waals surface area contributed by atoms with E-state index in [2.05, 4.69) is 0 Å². The second-order valence-electron chi connectivity index (χ2n) is 3.06. The van der Waals surface area contributed by atoms with Gasteiger partial charge in [0.05, 0.1) is 4.88 Å². The van der Waals surface area contributed by atoms with E-state index in [1.54, 1.807) is 0 Å². The number of carbonyl (C=O) groups is 2. The van der Waals surface area contributed by atoms with Crippen molar-refractivity contribution in [2.45, 2.75) is 11.4 Å². The molecule has 10 heteroatoms. The molecule has 0 amide bonds. The van der Waals surface area contributed by atoms with Crippen molar-refractivity contribution in [1.82, 2.24) is 0 Å². The van der Waals surface area contributed by atoms with Gasteiger partial charge in [0.15, 0.2) is 5.78 Å². The Morgan fingerprint density at radius 3 is 2.22 bits per heavy atom. The second kappa shape index (κ2) is 4.98. The Morgan fingerprint density at radius 1 is 1.33 bits per heavy atom. The summed E-state index contributed by atoms with van der Waals surface area (Å²) in [6.45, 7) is 0. The zero-order valence-electron chi connectivity index (χ0n) is 8.27. The molecule has 0 aromatic carbocycles. The molecule has 100 valence electrons. The van der Waals surface area contributed by atoms with Crippen LogP contribution in [0.4, 0.5) is 13.2 Å². The van der Waals surface area contributed by atoms with E-state index in [-0.39, 0.29) is 4.88 Å². The van der Waals surface area contributed by atoms with Crippen molar-refractivity contribution in [3.05, 3.63) is 22.4 Å². The van der Waals surface area contributed by atoms with Crippen LogP contribution in [0.1, 0.15) is 9.67 Å². The van der Waals surface area contributed by atoms with Crippen LogP contribution < -0.4 is 0 Å². The van der Waals surface area contributed by atoms with Crippen LogP contribution in [0.3, 0.4) is 0 Å². The quantitative estimate of drug-likeness (QED) is 0.483. The standard InChI is InChI=1S/C8H4ClF3O4S2/c9-18(15,16)6(7(14)8(10,11)12)5(13)4-2-1-3-17-4/h1-3,6H. The summed E-state index contributed by atoms with van der Waals surface area (Å²) in [5.41, 5.74) is 0. The van der Waals surface area contributed by atoms with Crippen LogP contribution in [0.25, 0.3) is 0 Å². The van der Waals surface area contributed by atoms with Crippen molar-refractivity contribution in [1.29, 1.82) is 0 Å². The molecule has 1 heterocycles. The van der Waals surface area contributed by atoms with E-state index in [1.165, 1.54) is 11.4 Å². The molecule has 0 fully saturated rings. The van der Waals surface area contributed by atoms with E-state index in [0.717, 1.165) is 6.07 Å². The molecule has 1 rings (SSSR count). The maximum Gasteiger partial charge on any atom is 0.451 e. The number of thiophene rings is 1. The van der Waals surface area contributed by atoms with Gasteiger partial charge in [0.25, 0.3) is 14.8 Å². The van der Waals surface area contributed by atoms with Crippen LogP contribution in [0.5, 0.6) is 0 Å². The second-order valence-corrected chi connectivity index (χ2v) is 6.72. The average molecular weight is 321 g/mol. The van der Waals surface area contributed by atoms with Gasteiger partial charge in [-0.3, -0.25) is 9.59 Å². The summed E-state index contributed by atoms with van der Waals surface area (Å²) in [6, 6.07) is 2.43. The summed E-state index contributed by atoms with van der Waals surface area (Å²) in [7, 11) is -0.266. The highest BCUT2D eigenvalue weighted by Crippen LogP contribution is 2.26. The molecule has 4 nitrogen and oxygen atoms in total. The molecule has 0 aliphatic carbocycles. The molecule has 18 heavy (non-hydrogen) atoms. The molecule has 1 aromatic heterocycles. The maximum atomic E-state index is 12.2. The fraction of sp³-hybridized carbons (Fsp3) is 0.250. The highest BCUT2D eigenvalue weighted by Gasteiger charge is 2.52. The minimum absolute atomic E-state index is 0.290. The van der Waals surface area contributed by atoms with Crippen molar-refractivity contribution in [3.8, 4) is 0 Å². The molecule has 1 atom stereocenters. The average Bonchev–Trinajstić information content (AvgIpc) is 2.66. The number of carbonyl (C=O) groups excluding carboxylic acids is 2. The van der Waals surface area contributed by atoms with Crippen LogP contribution in [0.15, 0.2) is 17.5 Å². The smallest absolute Gasteiger partial charge is 0.291 e. The Kier molecular flexibility index (Phi) is 4.19. The third kappa shape index (κ3) is 3.30. The Hall–Kier alpha value is -0.930. The van der Waals surface area contributed by atoms with Gasteiger partial charge in [0.2, 0.25) is 5.25 Å². The molecule has 1 unspecified atom stereocenters. The zero-order chi connectivity index (χ0) is 14.1. The zero-order valence-corrected chi connectivity index (χ0v) is 10.7. The van der Waals surface area contributed by atoms with Crippen molar-refractivity contribution in [2.24, 2.45) is 0 Å². The summed E-state index contributed by atoms with van der Waals surface area (Å²) in [4.78, 5) is 22.2. The minimum Gasteiger partial charge on any atom is -0.291 e. The van der Waals surface area contributed by atoms with Gasteiger partial charge in [-0.25, -0.2) is 8.42 Å². The molecule has 0 saturated heterocycles. The summed E-state index contributed by atoms with van der Waals surface area (Å²) < 4.78 is 58.6. The SMILES string of the molecule is O=C(c1cccs1)C(C(=O)C(F)(F)F)S(=O)(=O)Cl. The lowest BCUT2D eigenvalue weighted by Crippen LogP contribution is -2.43. The summed E-state index contributed by atoms with van der Waals surface area (Å²) in [5, 5.41) is -1.61. The molecule has 0 aliphatic rings. The van der Waals surface area contributed by atoms with E-state index in [9.17, 15) is 31.2 Å². The fourth-order valence-corrected chi connectivity index (χ4v) is 3.10. The van der Waals surface area contributed by atoms with Crippen LogP contribution >= 0.6 is 22.0 Å². The first-order chi connectivity index (χ1) is 8.05. The van der Waals surface area contributed by atoms with Gasteiger partial charge < -0.3 is 0 Å². The molecule has 1 aromatic rings. The number of alkyl halides is 3. The van der Waals surface area contributed by atoms with E-state index in [1.807, 2.05) is 0 Å². The third-order valence-electron chi connectivity index (χ3n) is 1.80. The predicted octanol–water partition coefficient (Wildman–Crippen LogP) is 2.00. The van der Waals surface area contributed by atoms with Crippen molar-refractivity contribution < 1.29 is 31.2 Å². The maximum absolute atomic E-state index is 12.2. The Labute approximate surface area is 108 Å². The highest BCUT2D eigenvalue weighted by molar-refractivity contribution is 8.15. The first-order valence-electron chi connectivity index (χ1n) is 4.17. The van der Waals surface area contributed by atoms with E-state index < -0.39 is 32.0 Å². The van der Waals surface area contributed by atoms with Crippen molar-refractivity contribution >= 4 is 42.6 Å². The van der Waals surface area contributed by atoms with Crippen LogP contribution in [-0.4, -0.2) is 31.4 Å². The van der Waals surface area contributed by atoms with Gasteiger partial charge >= 0.3 is 6.18 Å². The minimum atomic E-state index is -5.46.